The number of hydrogen-bond acceptors (Lipinski definition) is 4. The minimum absolute atomic E-state index is 0.733. The first-order valence-corrected chi connectivity index (χ1v) is 17.7. The molecule has 6 aromatic carbocycles. The van der Waals surface area contributed by atoms with Crippen molar-refractivity contribution >= 4 is 31.9 Å². The topological polar surface area (TPSA) is 51.6 Å². The van der Waals surface area contributed by atoms with Gasteiger partial charge >= 0.3 is 0 Å². The molecule has 0 bridgehead atoms. The van der Waals surface area contributed by atoms with Gasteiger partial charge in [0.25, 0.3) is 0 Å². The highest BCUT2D eigenvalue weighted by atomic mass is 79.9. The lowest BCUT2D eigenvalue weighted by atomic mass is 10.1. The Kier molecular flexibility index (Phi) is 10.4. The van der Waals surface area contributed by atoms with Crippen LogP contribution in [0.5, 0.6) is 0 Å². The molecule has 0 aliphatic carbocycles. The molecule has 0 spiro atoms. The predicted molar refractivity (Wildman–Crippen MR) is 212 cm³/mol. The monoisotopic (exact) mass is 772 g/mol. The van der Waals surface area contributed by atoms with Crippen molar-refractivity contribution in [3.8, 4) is 67.8 Å². The predicted octanol–water partition coefficient (Wildman–Crippen LogP) is 12.5. The second-order valence-electron chi connectivity index (χ2n) is 11.4. The van der Waals surface area contributed by atoms with E-state index in [2.05, 4.69) is 80.4 Å². The van der Waals surface area contributed by atoms with Crippen molar-refractivity contribution in [2.45, 2.75) is 0 Å². The minimum atomic E-state index is 0.733. The van der Waals surface area contributed by atoms with Crippen LogP contribution in [0, 0.1) is 0 Å². The molecule has 0 atom stereocenters. The van der Waals surface area contributed by atoms with E-state index in [1.807, 2.05) is 133 Å². The standard InChI is InChI=1S/2C22H15BrN2/c2*23-19-13-7-12-18(14-19)21-15-20(16-8-3-1-4-9-16)24-22(25-21)17-10-5-2-6-11-17/h2*1-15H. The molecule has 2 heterocycles. The van der Waals surface area contributed by atoms with Gasteiger partial charge in [-0.05, 0) is 36.4 Å². The maximum absolute atomic E-state index is 4.81. The van der Waals surface area contributed by atoms with E-state index in [-0.39, 0.29) is 0 Å². The van der Waals surface area contributed by atoms with Crippen molar-refractivity contribution in [1.29, 1.82) is 0 Å². The van der Waals surface area contributed by atoms with Gasteiger partial charge in [-0.15, -0.1) is 0 Å². The van der Waals surface area contributed by atoms with E-state index in [4.69, 9.17) is 19.9 Å². The third-order valence-corrected chi connectivity index (χ3v) is 8.88. The molecule has 0 saturated carbocycles. The zero-order valence-corrected chi connectivity index (χ0v) is 30.0. The summed E-state index contributed by atoms with van der Waals surface area (Å²) >= 11 is 7.09. The largest absolute Gasteiger partial charge is 0.228 e. The van der Waals surface area contributed by atoms with Gasteiger partial charge < -0.3 is 0 Å². The summed E-state index contributed by atoms with van der Waals surface area (Å²) in [6, 6.07) is 61.0. The average molecular weight is 775 g/mol. The molecule has 2 aromatic heterocycles. The molecule has 0 aliphatic heterocycles. The number of nitrogens with zero attached hydrogens (tertiary/aromatic N) is 4. The lowest BCUT2D eigenvalue weighted by Gasteiger charge is -2.09. The second kappa shape index (κ2) is 15.8. The average Bonchev–Trinajstić information content (AvgIpc) is 3.19. The summed E-state index contributed by atoms with van der Waals surface area (Å²) in [7, 11) is 0. The van der Waals surface area contributed by atoms with Crippen LogP contribution in [0.4, 0.5) is 0 Å². The molecule has 0 unspecified atom stereocenters. The van der Waals surface area contributed by atoms with Gasteiger partial charge in [0, 0.05) is 42.3 Å². The Labute approximate surface area is 308 Å². The van der Waals surface area contributed by atoms with Crippen LogP contribution in [0.15, 0.2) is 191 Å². The molecular weight excluding hydrogens is 744 g/mol. The van der Waals surface area contributed by atoms with Crippen LogP contribution in [0.2, 0.25) is 0 Å². The molecule has 0 N–H and O–H groups in total. The van der Waals surface area contributed by atoms with Crippen LogP contribution in [0.1, 0.15) is 0 Å². The first kappa shape index (κ1) is 33.0. The fourth-order valence-corrected chi connectivity index (χ4v) is 6.23. The molecular formula is C44H30Br2N4. The van der Waals surface area contributed by atoms with E-state index in [9.17, 15) is 0 Å². The molecule has 0 saturated heterocycles. The van der Waals surface area contributed by atoms with Gasteiger partial charge in [0.15, 0.2) is 11.6 Å². The molecule has 0 aliphatic rings. The molecule has 0 radical (unpaired) electrons. The lowest BCUT2D eigenvalue weighted by molar-refractivity contribution is 1.18. The van der Waals surface area contributed by atoms with E-state index in [0.717, 1.165) is 76.8 Å². The second-order valence-corrected chi connectivity index (χ2v) is 13.2. The first-order chi connectivity index (χ1) is 24.6. The maximum atomic E-state index is 4.81. The van der Waals surface area contributed by atoms with Crippen molar-refractivity contribution in [3.05, 3.63) is 191 Å². The van der Waals surface area contributed by atoms with E-state index in [1.54, 1.807) is 0 Å². The number of aromatic nitrogens is 4. The Morgan fingerprint density at radius 2 is 0.540 bits per heavy atom. The van der Waals surface area contributed by atoms with Crippen LogP contribution in [0.3, 0.4) is 0 Å². The van der Waals surface area contributed by atoms with Crippen molar-refractivity contribution < 1.29 is 0 Å². The lowest BCUT2D eigenvalue weighted by Crippen LogP contribution is -1.95. The zero-order chi connectivity index (χ0) is 34.1. The van der Waals surface area contributed by atoms with Gasteiger partial charge in [0.2, 0.25) is 0 Å². The first-order valence-electron chi connectivity index (χ1n) is 16.1. The Balaban J connectivity index is 0.000000157. The Bertz CT molecular complexity index is 2050. The van der Waals surface area contributed by atoms with Crippen molar-refractivity contribution in [3.63, 3.8) is 0 Å². The highest BCUT2D eigenvalue weighted by Gasteiger charge is 2.12. The highest BCUT2D eigenvalue weighted by Crippen LogP contribution is 2.30. The maximum Gasteiger partial charge on any atom is 0.160 e. The van der Waals surface area contributed by atoms with E-state index < -0.39 is 0 Å². The third-order valence-electron chi connectivity index (χ3n) is 7.90. The van der Waals surface area contributed by atoms with E-state index in [1.165, 1.54) is 0 Å². The van der Waals surface area contributed by atoms with Gasteiger partial charge in [0.1, 0.15) is 0 Å². The molecule has 0 fully saturated rings. The summed E-state index contributed by atoms with van der Waals surface area (Å²) in [6.45, 7) is 0. The summed E-state index contributed by atoms with van der Waals surface area (Å²) in [4.78, 5) is 19.2. The van der Waals surface area contributed by atoms with Gasteiger partial charge in [0.05, 0.1) is 22.8 Å². The Morgan fingerprint density at radius 1 is 0.260 bits per heavy atom. The van der Waals surface area contributed by atoms with Gasteiger partial charge in [-0.3, -0.25) is 0 Å². The van der Waals surface area contributed by atoms with Crippen LogP contribution >= 0.6 is 31.9 Å². The third kappa shape index (κ3) is 8.17. The fraction of sp³-hybridized carbons (Fsp3) is 0. The number of hydrogen-bond donors (Lipinski definition) is 0. The summed E-state index contributed by atoms with van der Waals surface area (Å²) in [5.41, 5.74) is 9.97. The molecule has 6 heteroatoms. The molecule has 4 nitrogen and oxygen atoms in total. The SMILES string of the molecule is Brc1cccc(-c2cc(-c3ccccc3)nc(-c3ccccc3)n2)c1.Brc1cccc(-c2cc(-c3ccccc3)nc(-c3ccccc3)n2)c1. The van der Waals surface area contributed by atoms with Crippen molar-refractivity contribution in [1.82, 2.24) is 19.9 Å². The van der Waals surface area contributed by atoms with Gasteiger partial charge in [-0.1, -0.05) is 177 Å². The number of halogens is 2. The van der Waals surface area contributed by atoms with Gasteiger partial charge in [-0.25, -0.2) is 19.9 Å². The smallest absolute Gasteiger partial charge is 0.160 e. The van der Waals surface area contributed by atoms with E-state index >= 15 is 0 Å². The summed E-state index contributed by atoms with van der Waals surface area (Å²) < 4.78 is 2.07. The van der Waals surface area contributed by atoms with Crippen LogP contribution in [-0.4, -0.2) is 19.9 Å². The number of benzene rings is 6. The summed E-state index contributed by atoms with van der Waals surface area (Å²) in [6.07, 6.45) is 0. The van der Waals surface area contributed by atoms with E-state index in [0.29, 0.717) is 0 Å². The Hall–Kier alpha value is -5.56. The highest BCUT2D eigenvalue weighted by molar-refractivity contribution is 9.10. The zero-order valence-electron chi connectivity index (χ0n) is 26.9. The minimum Gasteiger partial charge on any atom is -0.228 e. The molecule has 240 valence electrons. The summed E-state index contributed by atoms with van der Waals surface area (Å²) in [5.74, 6) is 1.47. The van der Waals surface area contributed by atoms with Crippen LogP contribution in [-0.2, 0) is 0 Å². The fourth-order valence-electron chi connectivity index (χ4n) is 5.43. The molecule has 8 rings (SSSR count). The van der Waals surface area contributed by atoms with Crippen molar-refractivity contribution in [2.24, 2.45) is 0 Å². The van der Waals surface area contributed by atoms with Crippen LogP contribution < -0.4 is 0 Å². The number of rotatable bonds is 6. The Morgan fingerprint density at radius 3 is 0.860 bits per heavy atom. The van der Waals surface area contributed by atoms with Gasteiger partial charge in [-0.2, -0.15) is 0 Å². The molecule has 8 aromatic rings. The quantitative estimate of drug-likeness (QED) is 0.169. The molecule has 50 heavy (non-hydrogen) atoms. The molecule has 0 amide bonds. The van der Waals surface area contributed by atoms with Crippen LogP contribution in [0.25, 0.3) is 67.8 Å². The normalized spacial score (nSPS) is 10.6. The van der Waals surface area contributed by atoms with Crippen molar-refractivity contribution in [2.75, 3.05) is 0 Å². The summed E-state index contributed by atoms with van der Waals surface area (Å²) in [5, 5.41) is 0.